The first-order valence-electron chi connectivity index (χ1n) is 7.60. The molecule has 0 bridgehead atoms. The molecule has 4 nitrogen and oxygen atoms in total. The Morgan fingerprint density at radius 2 is 1.91 bits per heavy atom. The van der Waals surface area contributed by atoms with Crippen LogP contribution in [0.1, 0.15) is 38.9 Å². The van der Waals surface area contributed by atoms with Gasteiger partial charge in [-0.15, -0.1) is 12.4 Å². The van der Waals surface area contributed by atoms with E-state index in [1.807, 2.05) is 23.1 Å². The van der Waals surface area contributed by atoms with Crippen molar-refractivity contribution in [2.75, 3.05) is 19.6 Å². The molecule has 2 rings (SSSR count). The van der Waals surface area contributed by atoms with Crippen molar-refractivity contribution in [3.8, 4) is 0 Å². The number of benzene rings is 1. The van der Waals surface area contributed by atoms with Crippen LogP contribution in [0.2, 0.25) is 0 Å². The molecule has 1 aromatic rings. The zero-order valence-corrected chi connectivity index (χ0v) is 14.4. The van der Waals surface area contributed by atoms with Crippen LogP contribution < -0.4 is 5.73 Å². The van der Waals surface area contributed by atoms with Crippen LogP contribution in [0.25, 0.3) is 0 Å². The van der Waals surface area contributed by atoms with E-state index in [0.717, 1.165) is 5.56 Å². The van der Waals surface area contributed by atoms with Gasteiger partial charge in [0.05, 0.1) is 12.6 Å². The Morgan fingerprint density at radius 1 is 1.27 bits per heavy atom. The lowest BCUT2D eigenvalue weighted by molar-refractivity contribution is -0.157. The summed E-state index contributed by atoms with van der Waals surface area (Å²) in [5.74, 6) is 0.121. The highest BCUT2D eigenvalue weighted by atomic mass is 35.5. The van der Waals surface area contributed by atoms with Gasteiger partial charge in [-0.2, -0.15) is 0 Å². The number of carbonyl (C=O) groups is 1. The first-order chi connectivity index (χ1) is 9.91. The number of ether oxygens (including phenoxy) is 1. The van der Waals surface area contributed by atoms with Gasteiger partial charge in [-0.1, -0.05) is 51.1 Å². The Kier molecular flexibility index (Phi) is 6.85. The van der Waals surface area contributed by atoms with Crippen molar-refractivity contribution < 1.29 is 9.53 Å². The Morgan fingerprint density at radius 3 is 2.45 bits per heavy atom. The molecule has 1 amide bonds. The summed E-state index contributed by atoms with van der Waals surface area (Å²) < 4.78 is 6.27. The highest BCUT2D eigenvalue weighted by Gasteiger charge is 2.37. The first-order valence-corrected chi connectivity index (χ1v) is 7.60. The van der Waals surface area contributed by atoms with E-state index >= 15 is 0 Å². The van der Waals surface area contributed by atoms with E-state index in [1.54, 1.807) is 0 Å². The second-order valence-electron chi connectivity index (χ2n) is 6.73. The van der Waals surface area contributed by atoms with E-state index in [4.69, 9.17) is 10.5 Å². The van der Waals surface area contributed by atoms with Gasteiger partial charge in [0.2, 0.25) is 5.91 Å². The quantitative estimate of drug-likeness (QED) is 0.929. The van der Waals surface area contributed by atoms with Gasteiger partial charge >= 0.3 is 0 Å². The number of morpholine rings is 1. The van der Waals surface area contributed by atoms with Gasteiger partial charge in [0.25, 0.3) is 0 Å². The topological polar surface area (TPSA) is 55.6 Å². The molecule has 5 heteroatoms. The number of halogens is 1. The van der Waals surface area contributed by atoms with Crippen LogP contribution in [-0.4, -0.2) is 36.5 Å². The Labute approximate surface area is 139 Å². The number of nitrogens with zero attached hydrogens (tertiary/aromatic N) is 1. The zero-order chi connectivity index (χ0) is 15.5. The first kappa shape index (κ1) is 18.9. The molecule has 1 aliphatic heterocycles. The van der Waals surface area contributed by atoms with E-state index in [2.05, 4.69) is 32.9 Å². The Hall–Kier alpha value is -1.10. The third kappa shape index (κ3) is 4.70. The second-order valence-corrected chi connectivity index (χ2v) is 6.73. The predicted octanol–water partition coefficient (Wildman–Crippen LogP) is 2.77. The predicted molar refractivity (Wildman–Crippen MR) is 91.0 cm³/mol. The van der Waals surface area contributed by atoms with Crippen molar-refractivity contribution in [3.63, 3.8) is 0 Å². The largest absolute Gasteiger partial charge is 0.366 e. The summed E-state index contributed by atoms with van der Waals surface area (Å²) in [6.45, 7) is 8.09. The molecule has 0 saturated carbocycles. The molecule has 2 atom stereocenters. The van der Waals surface area contributed by atoms with Crippen LogP contribution in [0, 0.1) is 5.41 Å². The van der Waals surface area contributed by atoms with Gasteiger partial charge in [-0.25, -0.2) is 0 Å². The van der Waals surface area contributed by atoms with E-state index in [0.29, 0.717) is 26.1 Å². The van der Waals surface area contributed by atoms with Gasteiger partial charge in [0.1, 0.15) is 6.10 Å². The van der Waals surface area contributed by atoms with Gasteiger partial charge < -0.3 is 15.4 Å². The lowest BCUT2D eigenvalue weighted by Gasteiger charge is -2.43. The number of hydrogen-bond acceptors (Lipinski definition) is 3. The molecule has 0 radical (unpaired) electrons. The van der Waals surface area contributed by atoms with Crippen LogP contribution in [0.3, 0.4) is 0 Å². The molecule has 0 aliphatic carbocycles. The molecule has 1 heterocycles. The van der Waals surface area contributed by atoms with Gasteiger partial charge in [0.15, 0.2) is 0 Å². The Balaban J connectivity index is 0.00000242. The Bertz CT molecular complexity index is 473. The molecule has 1 aliphatic rings. The molecular formula is C17H27ClN2O2. The maximum absolute atomic E-state index is 12.2. The number of hydrogen-bond donors (Lipinski definition) is 1. The summed E-state index contributed by atoms with van der Waals surface area (Å²) >= 11 is 0. The van der Waals surface area contributed by atoms with Crippen LogP contribution >= 0.6 is 12.4 Å². The molecule has 2 N–H and O–H groups in total. The van der Waals surface area contributed by atoms with E-state index in [9.17, 15) is 4.79 Å². The molecule has 124 valence electrons. The highest BCUT2D eigenvalue weighted by Crippen LogP contribution is 2.33. The molecule has 22 heavy (non-hydrogen) atoms. The molecule has 1 aromatic carbocycles. The lowest BCUT2D eigenvalue weighted by Crippen LogP contribution is -2.51. The molecule has 0 aromatic heterocycles. The molecule has 1 fully saturated rings. The minimum Gasteiger partial charge on any atom is -0.366 e. The fourth-order valence-corrected chi connectivity index (χ4v) is 2.57. The summed E-state index contributed by atoms with van der Waals surface area (Å²) in [6, 6.07) is 10.1. The van der Waals surface area contributed by atoms with Crippen LogP contribution in [0.4, 0.5) is 0 Å². The van der Waals surface area contributed by atoms with Crippen molar-refractivity contribution >= 4 is 18.3 Å². The molecule has 0 unspecified atom stereocenters. The number of nitrogens with two attached hydrogens (primary N) is 1. The third-order valence-electron chi connectivity index (χ3n) is 3.95. The van der Waals surface area contributed by atoms with Crippen molar-refractivity contribution in [1.29, 1.82) is 0 Å². The average molecular weight is 327 g/mol. The number of carbonyl (C=O) groups excluding carboxylic acids is 1. The fraction of sp³-hybridized carbons (Fsp3) is 0.588. The van der Waals surface area contributed by atoms with Crippen molar-refractivity contribution in [2.24, 2.45) is 11.1 Å². The number of amides is 1. The SMILES string of the molecule is CC(C)(C)[C@H]1CN(C(=O)CCN)C[C@@H](c2ccccc2)O1.Cl. The van der Waals surface area contributed by atoms with Gasteiger partial charge in [0, 0.05) is 19.5 Å². The fourth-order valence-electron chi connectivity index (χ4n) is 2.57. The van der Waals surface area contributed by atoms with Crippen molar-refractivity contribution in [2.45, 2.75) is 39.4 Å². The maximum atomic E-state index is 12.2. The van der Waals surface area contributed by atoms with Crippen molar-refractivity contribution in [1.82, 2.24) is 4.90 Å². The number of rotatable bonds is 3. The summed E-state index contributed by atoms with van der Waals surface area (Å²) in [6.07, 6.45) is 0.363. The maximum Gasteiger partial charge on any atom is 0.224 e. The monoisotopic (exact) mass is 326 g/mol. The molecule has 1 saturated heterocycles. The summed E-state index contributed by atoms with van der Waals surface area (Å²) in [5, 5.41) is 0. The van der Waals surface area contributed by atoms with Gasteiger partial charge in [-0.05, 0) is 11.0 Å². The normalized spacial score (nSPS) is 22.1. The smallest absolute Gasteiger partial charge is 0.224 e. The summed E-state index contributed by atoms with van der Waals surface area (Å²) in [7, 11) is 0. The average Bonchev–Trinajstić information content (AvgIpc) is 2.47. The van der Waals surface area contributed by atoms with E-state index in [-0.39, 0.29) is 35.9 Å². The van der Waals surface area contributed by atoms with Crippen LogP contribution in [0.15, 0.2) is 30.3 Å². The molecule has 0 spiro atoms. The standard InChI is InChI=1S/C17H26N2O2.ClH/c1-17(2,3)15-12-19(16(20)9-10-18)11-14(21-15)13-7-5-4-6-8-13;/h4-8,14-15H,9-12,18H2,1-3H3;1H/t14-,15+;/m0./s1. The molecular weight excluding hydrogens is 300 g/mol. The van der Waals surface area contributed by atoms with E-state index < -0.39 is 0 Å². The highest BCUT2D eigenvalue weighted by molar-refractivity contribution is 5.85. The summed E-state index contributed by atoms with van der Waals surface area (Å²) in [4.78, 5) is 14.1. The van der Waals surface area contributed by atoms with Crippen LogP contribution in [0.5, 0.6) is 0 Å². The zero-order valence-electron chi connectivity index (χ0n) is 13.6. The van der Waals surface area contributed by atoms with Crippen molar-refractivity contribution in [3.05, 3.63) is 35.9 Å². The minimum atomic E-state index is -0.0640. The van der Waals surface area contributed by atoms with Gasteiger partial charge in [-0.3, -0.25) is 4.79 Å². The van der Waals surface area contributed by atoms with E-state index in [1.165, 1.54) is 0 Å². The minimum absolute atomic E-state index is 0. The second kappa shape index (κ2) is 7.95. The third-order valence-corrected chi connectivity index (χ3v) is 3.95. The summed E-state index contributed by atoms with van der Waals surface area (Å²) in [5.41, 5.74) is 6.64. The lowest BCUT2D eigenvalue weighted by atomic mass is 9.87. The van der Waals surface area contributed by atoms with Crippen LogP contribution in [-0.2, 0) is 9.53 Å².